The van der Waals surface area contributed by atoms with E-state index in [4.69, 9.17) is 26.5 Å². The molecule has 6 N–H and O–H groups in total. The maximum Gasteiger partial charge on any atom is 0.172 e. The number of fused-ring (bicyclic) bond motifs is 1. The monoisotopic (exact) mass is 266 g/mol. The normalized spacial score (nSPS) is 12.2. The Kier molecular flexibility index (Phi) is 3.78. The van der Waals surface area contributed by atoms with Crippen LogP contribution in [0.2, 0.25) is 0 Å². The molecule has 0 radical (unpaired) electrons. The van der Waals surface area contributed by atoms with E-state index in [1.807, 2.05) is 0 Å². The number of nitrogen functional groups attached to an aromatic ring is 1. The van der Waals surface area contributed by atoms with Crippen molar-refractivity contribution in [1.29, 1.82) is 0 Å². The summed E-state index contributed by atoms with van der Waals surface area (Å²) in [4.78, 5) is 7.97. The topological polar surface area (TPSA) is 145 Å². The minimum atomic E-state index is -0.0904. The Labute approximate surface area is 108 Å². The first-order chi connectivity index (χ1) is 9.19. The van der Waals surface area contributed by atoms with Crippen LogP contribution in [-0.2, 0) is 11.5 Å². The maximum absolute atomic E-state index is 8.77. The third-order valence-electron chi connectivity index (χ3n) is 2.53. The van der Waals surface area contributed by atoms with Gasteiger partial charge < -0.3 is 31.1 Å². The Morgan fingerprint density at radius 2 is 2.26 bits per heavy atom. The zero-order chi connectivity index (χ0) is 13.8. The molecule has 0 atom stereocenters. The molecule has 9 heteroatoms. The number of amidine groups is 1. The van der Waals surface area contributed by atoms with Crippen molar-refractivity contribution in [3.8, 4) is 0 Å². The predicted molar refractivity (Wildman–Crippen MR) is 67.5 cm³/mol. The Morgan fingerprint density at radius 3 is 2.95 bits per heavy atom. The molecule has 0 bridgehead atoms. The molecule has 2 rings (SSSR count). The molecule has 0 amide bonds. The maximum atomic E-state index is 8.77. The van der Waals surface area contributed by atoms with Crippen molar-refractivity contribution in [3.63, 3.8) is 0 Å². The predicted octanol–water partition coefficient (Wildman–Crippen LogP) is -0.926. The summed E-state index contributed by atoms with van der Waals surface area (Å²) in [7, 11) is 0. The van der Waals surface area contributed by atoms with Gasteiger partial charge in [0.15, 0.2) is 5.84 Å². The van der Waals surface area contributed by atoms with Crippen molar-refractivity contribution in [2.75, 3.05) is 18.9 Å². The van der Waals surface area contributed by atoms with E-state index in [-0.39, 0.29) is 31.6 Å². The Hall–Kier alpha value is -2.39. The fourth-order valence-electron chi connectivity index (χ4n) is 1.72. The molecule has 0 spiro atoms. The number of hydrogen-bond acceptors (Lipinski definition) is 7. The third-order valence-corrected chi connectivity index (χ3v) is 2.53. The number of aliphatic hydroxyl groups is 1. The molecular formula is C10H14N6O3. The third kappa shape index (κ3) is 2.41. The average molecular weight is 266 g/mol. The van der Waals surface area contributed by atoms with Gasteiger partial charge in [-0.1, -0.05) is 5.16 Å². The summed E-state index contributed by atoms with van der Waals surface area (Å²) in [6, 6.07) is 0. The molecule has 0 saturated carbocycles. The molecular weight excluding hydrogens is 252 g/mol. The minimum Gasteiger partial charge on any atom is -0.409 e. The summed E-state index contributed by atoms with van der Waals surface area (Å²) in [5, 5.41) is 20.9. The molecule has 0 aliphatic heterocycles. The van der Waals surface area contributed by atoms with Crippen LogP contribution in [0.25, 0.3) is 11.0 Å². The molecule has 0 aromatic carbocycles. The summed E-state index contributed by atoms with van der Waals surface area (Å²) in [6.45, 7) is 0.273. The van der Waals surface area contributed by atoms with E-state index in [1.54, 1.807) is 10.8 Å². The van der Waals surface area contributed by atoms with Crippen LogP contribution in [0.4, 0.5) is 5.82 Å². The number of nitrogens with two attached hydrogens (primary N) is 2. The fourth-order valence-corrected chi connectivity index (χ4v) is 1.72. The number of rotatable bonds is 5. The van der Waals surface area contributed by atoms with Gasteiger partial charge in [0.1, 0.15) is 24.5 Å². The van der Waals surface area contributed by atoms with Gasteiger partial charge in [-0.15, -0.1) is 0 Å². The highest BCUT2D eigenvalue weighted by Crippen LogP contribution is 2.23. The van der Waals surface area contributed by atoms with Crippen molar-refractivity contribution >= 4 is 22.7 Å². The van der Waals surface area contributed by atoms with Crippen molar-refractivity contribution in [2.24, 2.45) is 10.9 Å². The van der Waals surface area contributed by atoms with Gasteiger partial charge in [0.05, 0.1) is 24.2 Å². The SMILES string of the molecule is N/C(=N\O)c1cn(COCCO)c2ncnc(N)c12. The quantitative estimate of drug-likeness (QED) is 0.180. The van der Waals surface area contributed by atoms with E-state index in [9.17, 15) is 0 Å². The first-order valence-electron chi connectivity index (χ1n) is 5.44. The van der Waals surface area contributed by atoms with E-state index in [0.29, 0.717) is 16.6 Å². The lowest BCUT2D eigenvalue weighted by Crippen LogP contribution is -2.13. The lowest BCUT2D eigenvalue weighted by molar-refractivity contribution is 0.0501. The van der Waals surface area contributed by atoms with Crippen LogP contribution < -0.4 is 11.5 Å². The van der Waals surface area contributed by atoms with Gasteiger partial charge in [-0.2, -0.15) is 0 Å². The van der Waals surface area contributed by atoms with E-state index in [1.165, 1.54) is 6.33 Å². The van der Waals surface area contributed by atoms with E-state index in [2.05, 4.69) is 15.1 Å². The second-order valence-electron chi connectivity index (χ2n) is 3.72. The van der Waals surface area contributed by atoms with Gasteiger partial charge in [-0.3, -0.25) is 0 Å². The minimum absolute atomic E-state index is 0.0799. The van der Waals surface area contributed by atoms with E-state index in [0.717, 1.165) is 0 Å². The molecule has 2 heterocycles. The molecule has 0 saturated heterocycles. The standard InChI is InChI=1S/C10H14N6O3/c11-8(15-18)6-3-16(5-19-2-1-17)10-7(6)9(12)13-4-14-10/h3-4,17-18H,1-2,5H2,(H2,11,15)(H2,12,13,14). The van der Waals surface area contributed by atoms with Crippen LogP contribution in [0, 0.1) is 0 Å². The first kappa shape index (κ1) is 13.1. The second-order valence-corrected chi connectivity index (χ2v) is 3.72. The van der Waals surface area contributed by atoms with Gasteiger partial charge >= 0.3 is 0 Å². The fraction of sp³-hybridized carbons (Fsp3) is 0.300. The second kappa shape index (κ2) is 5.50. The Morgan fingerprint density at radius 1 is 1.47 bits per heavy atom. The molecule has 19 heavy (non-hydrogen) atoms. The highest BCUT2D eigenvalue weighted by molar-refractivity contribution is 6.10. The van der Waals surface area contributed by atoms with Gasteiger partial charge in [-0.05, 0) is 0 Å². The average Bonchev–Trinajstić information content (AvgIpc) is 2.79. The van der Waals surface area contributed by atoms with Crippen molar-refractivity contribution in [2.45, 2.75) is 6.73 Å². The number of nitrogens with zero attached hydrogens (tertiary/aromatic N) is 4. The van der Waals surface area contributed by atoms with Gasteiger partial charge in [-0.25, -0.2) is 9.97 Å². The largest absolute Gasteiger partial charge is 0.409 e. The van der Waals surface area contributed by atoms with Crippen LogP contribution in [0.3, 0.4) is 0 Å². The highest BCUT2D eigenvalue weighted by atomic mass is 16.5. The Bertz CT molecular complexity index is 609. The van der Waals surface area contributed by atoms with Gasteiger partial charge in [0.25, 0.3) is 0 Å². The van der Waals surface area contributed by atoms with Crippen molar-refractivity contribution < 1.29 is 15.1 Å². The lowest BCUT2D eigenvalue weighted by atomic mass is 10.2. The Balaban J connectivity index is 2.51. The first-order valence-corrected chi connectivity index (χ1v) is 5.44. The smallest absolute Gasteiger partial charge is 0.172 e. The van der Waals surface area contributed by atoms with Crippen LogP contribution in [-0.4, -0.2) is 43.9 Å². The van der Waals surface area contributed by atoms with Crippen LogP contribution in [0.15, 0.2) is 17.7 Å². The molecule has 0 aliphatic rings. The number of aliphatic hydroxyl groups excluding tert-OH is 1. The number of anilines is 1. The zero-order valence-electron chi connectivity index (χ0n) is 10.0. The van der Waals surface area contributed by atoms with E-state index < -0.39 is 0 Å². The van der Waals surface area contributed by atoms with Crippen LogP contribution >= 0.6 is 0 Å². The highest BCUT2D eigenvalue weighted by Gasteiger charge is 2.16. The number of oxime groups is 1. The van der Waals surface area contributed by atoms with Crippen molar-refractivity contribution in [3.05, 3.63) is 18.1 Å². The van der Waals surface area contributed by atoms with Crippen LogP contribution in [0.1, 0.15) is 5.56 Å². The summed E-state index contributed by atoms with van der Waals surface area (Å²) in [6.07, 6.45) is 2.92. The summed E-state index contributed by atoms with van der Waals surface area (Å²) in [5.74, 6) is 0.139. The van der Waals surface area contributed by atoms with Crippen LogP contribution in [0.5, 0.6) is 0 Å². The zero-order valence-corrected chi connectivity index (χ0v) is 10.0. The van der Waals surface area contributed by atoms with Gasteiger partial charge in [0.2, 0.25) is 0 Å². The lowest BCUT2D eigenvalue weighted by Gasteiger charge is -2.04. The van der Waals surface area contributed by atoms with Gasteiger partial charge in [0, 0.05) is 6.20 Å². The summed E-state index contributed by atoms with van der Waals surface area (Å²) in [5.41, 5.74) is 12.3. The molecule has 0 aliphatic carbocycles. The van der Waals surface area contributed by atoms with Crippen molar-refractivity contribution in [1.82, 2.24) is 14.5 Å². The number of aromatic nitrogens is 3. The molecule has 2 aromatic rings. The molecule has 9 nitrogen and oxygen atoms in total. The number of ether oxygens (including phenoxy) is 1. The summed E-state index contributed by atoms with van der Waals surface area (Å²) < 4.78 is 6.85. The summed E-state index contributed by atoms with van der Waals surface area (Å²) >= 11 is 0. The molecule has 2 aromatic heterocycles. The number of hydrogen-bond donors (Lipinski definition) is 4. The molecule has 0 unspecified atom stereocenters. The van der Waals surface area contributed by atoms with E-state index >= 15 is 0 Å². The molecule has 102 valence electrons. The molecule has 0 fully saturated rings.